The second kappa shape index (κ2) is 7.94. The number of rotatable bonds is 6. The highest BCUT2D eigenvalue weighted by atomic mass is 16.5. The number of hydrogen-bond acceptors (Lipinski definition) is 3. The molecule has 1 atom stereocenters. The van der Waals surface area contributed by atoms with Gasteiger partial charge in [-0.3, -0.25) is 4.79 Å². The van der Waals surface area contributed by atoms with Crippen LogP contribution in [0.3, 0.4) is 0 Å². The van der Waals surface area contributed by atoms with Gasteiger partial charge in [0.2, 0.25) is 0 Å². The Labute approximate surface area is 146 Å². The van der Waals surface area contributed by atoms with Gasteiger partial charge in [-0.25, -0.2) is 4.79 Å². The Morgan fingerprint density at radius 2 is 1.72 bits per heavy atom. The normalized spacial score (nSPS) is 16.8. The fraction of sp³-hybridized carbons (Fsp3) is 0.300. The number of amides is 1. The van der Waals surface area contributed by atoms with Crippen molar-refractivity contribution in [3.8, 4) is 0 Å². The van der Waals surface area contributed by atoms with Gasteiger partial charge >= 0.3 is 5.97 Å². The maximum absolute atomic E-state index is 12.5. The van der Waals surface area contributed by atoms with Crippen molar-refractivity contribution >= 4 is 11.9 Å². The zero-order valence-corrected chi connectivity index (χ0v) is 13.9. The maximum atomic E-state index is 12.5. The van der Waals surface area contributed by atoms with Crippen molar-refractivity contribution < 1.29 is 19.4 Å². The first-order chi connectivity index (χ1) is 12.1. The molecule has 1 heterocycles. The summed E-state index contributed by atoms with van der Waals surface area (Å²) in [5.74, 6) is -0.704. The van der Waals surface area contributed by atoms with Crippen LogP contribution in [0, 0.1) is 5.92 Å². The minimum Gasteiger partial charge on any atom is -0.478 e. The summed E-state index contributed by atoms with van der Waals surface area (Å²) in [4.78, 5) is 25.2. The number of hydrogen-bond donors (Lipinski definition) is 1. The Bertz CT molecular complexity index is 727. The Balaban J connectivity index is 1.48. The molecule has 1 N–H and O–H groups in total. The van der Waals surface area contributed by atoms with E-state index in [-0.39, 0.29) is 11.5 Å². The topological polar surface area (TPSA) is 66.8 Å². The van der Waals surface area contributed by atoms with E-state index in [2.05, 4.69) is 0 Å². The van der Waals surface area contributed by atoms with Gasteiger partial charge in [-0.1, -0.05) is 30.3 Å². The summed E-state index contributed by atoms with van der Waals surface area (Å²) in [6.07, 6.45) is 0.924. The number of benzene rings is 2. The number of carboxylic acids is 1. The van der Waals surface area contributed by atoms with Crippen LogP contribution < -0.4 is 0 Å². The van der Waals surface area contributed by atoms with Gasteiger partial charge < -0.3 is 14.7 Å². The molecule has 1 unspecified atom stereocenters. The second-order valence-electron chi connectivity index (χ2n) is 6.29. The van der Waals surface area contributed by atoms with Gasteiger partial charge in [0.1, 0.15) is 0 Å². The van der Waals surface area contributed by atoms with Crippen molar-refractivity contribution in [3.63, 3.8) is 0 Å². The fourth-order valence-electron chi connectivity index (χ4n) is 3.01. The van der Waals surface area contributed by atoms with E-state index in [9.17, 15) is 9.59 Å². The number of carbonyl (C=O) groups excluding carboxylic acids is 1. The molecule has 2 aromatic carbocycles. The van der Waals surface area contributed by atoms with Crippen LogP contribution in [-0.4, -0.2) is 41.6 Å². The molecule has 2 aromatic rings. The molecule has 1 aliphatic rings. The molecule has 130 valence electrons. The Kier molecular flexibility index (Phi) is 5.46. The van der Waals surface area contributed by atoms with E-state index in [1.165, 1.54) is 12.1 Å². The van der Waals surface area contributed by atoms with Crippen LogP contribution in [0.25, 0.3) is 0 Å². The van der Waals surface area contributed by atoms with E-state index in [1.54, 1.807) is 12.1 Å². The molecule has 5 nitrogen and oxygen atoms in total. The highest BCUT2D eigenvalue weighted by Gasteiger charge is 2.27. The van der Waals surface area contributed by atoms with E-state index in [1.807, 2.05) is 35.2 Å². The van der Waals surface area contributed by atoms with E-state index >= 15 is 0 Å². The van der Waals surface area contributed by atoms with Gasteiger partial charge in [0, 0.05) is 24.6 Å². The first-order valence-corrected chi connectivity index (χ1v) is 8.38. The third-order valence-corrected chi connectivity index (χ3v) is 4.42. The molecule has 1 aliphatic heterocycles. The van der Waals surface area contributed by atoms with E-state index in [0.717, 1.165) is 12.0 Å². The Morgan fingerprint density at radius 3 is 2.40 bits per heavy atom. The minimum atomic E-state index is -0.990. The Morgan fingerprint density at radius 1 is 1.04 bits per heavy atom. The molecule has 1 amide bonds. The van der Waals surface area contributed by atoms with Crippen molar-refractivity contribution in [2.75, 3.05) is 19.7 Å². The van der Waals surface area contributed by atoms with Crippen LogP contribution in [-0.2, 0) is 11.3 Å². The summed E-state index contributed by atoms with van der Waals surface area (Å²) in [5.41, 5.74) is 1.85. The molecule has 0 bridgehead atoms. The van der Waals surface area contributed by atoms with Gasteiger partial charge in [0.25, 0.3) is 5.91 Å². The molecule has 0 radical (unpaired) electrons. The summed E-state index contributed by atoms with van der Waals surface area (Å²) in [6.45, 7) is 2.60. The van der Waals surface area contributed by atoms with E-state index in [4.69, 9.17) is 9.84 Å². The average Bonchev–Trinajstić information content (AvgIpc) is 3.11. The molecule has 3 rings (SSSR count). The SMILES string of the molecule is O=C(O)c1ccc(C(=O)N2CCC(COCc3ccccc3)C2)cc1. The minimum absolute atomic E-state index is 0.0532. The van der Waals surface area contributed by atoms with Gasteiger partial charge in [-0.2, -0.15) is 0 Å². The molecule has 0 aliphatic carbocycles. The van der Waals surface area contributed by atoms with Crippen LogP contribution >= 0.6 is 0 Å². The summed E-state index contributed by atoms with van der Waals surface area (Å²) < 4.78 is 5.78. The quantitative estimate of drug-likeness (QED) is 0.878. The largest absolute Gasteiger partial charge is 0.478 e. The molecule has 5 heteroatoms. The third kappa shape index (κ3) is 4.45. The van der Waals surface area contributed by atoms with Crippen molar-refractivity contribution in [2.45, 2.75) is 13.0 Å². The lowest BCUT2D eigenvalue weighted by Crippen LogP contribution is -2.29. The van der Waals surface area contributed by atoms with Crippen LogP contribution in [0.4, 0.5) is 0 Å². The van der Waals surface area contributed by atoms with Crippen molar-refractivity contribution in [1.29, 1.82) is 0 Å². The van der Waals surface area contributed by atoms with Gasteiger partial charge in [-0.05, 0) is 36.2 Å². The highest BCUT2D eigenvalue weighted by molar-refractivity contribution is 5.96. The smallest absolute Gasteiger partial charge is 0.335 e. The molecular formula is C20H21NO4. The predicted octanol–water partition coefficient (Wildman–Crippen LogP) is 3.06. The van der Waals surface area contributed by atoms with E-state index in [0.29, 0.717) is 37.8 Å². The Hall–Kier alpha value is -2.66. The number of ether oxygens (including phenoxy) is 1. The van der Waals surface area contributed by atoms with Crippen LogP contribution in [0.1, 0.15) is 32.7 Å². The molecule has 0 aromatic heterocycles. The predicted molar refractivity (Wildman–Crippen MR) is 93.5 cm³/mol. The zero-order chi connectivity index (χ0) is 17.6. The summed E-state index contributed by atoms with van der Waals surface area (Å²) in [7, 11) is 0. The van der Waals surface area contributed by atoms with Crippen molar-refractivity contribution in [3.05, 3.63) is 71.3 Å². The van der Waals surface area contributed by atoms with Crippen molar-refractivity contribution in [2.24, 2.45) is 5.92 Å². The lowest BCUT2D eigenvalue weighted by atomic mass is 10.1. The molecule has 0 saturated carbocycles. The number of likely N-dealkylation sites (tertiary alicyclic amines) is 1. The lowest BCUT2D eigenvalue weighted by Gasteiger charge is -2.17. The number of nitrogens with zero attached hydrogens (tertiary/aromatic N) is 1. The van der Waals surface area contributed by atoms with Crippen LogP contribution in [0.15, 0.2) is 54.6 Å². The monoisotopic (exact) mass is 339 g/mol. The molecule has 25 heavy (non-hydrogen) atoms. The lowest BCUT2D eigenvalue weighted by molar-refractivity contribution is 0.0693. The molecule has 0 spiro atoms. The van der Waals surface area contributed by atoms with Gasteiger partial charge in [-0.15, -0.1) is 0 Å². The first kappa shape index (κ1) is 17.2. The van der Waals surface area contributed by atoms with Gasteiger partial charge in [0.05, 0.1) is 18.8 Å². The summed E-state index contributed by atoms with van der Waals surface area (Å²) in [5, 5.41) is 8.92. The summed E-state index contributed by atoms with van der Waals surface area (Å²) in [6, 6.07) is 16.1. The highest BCUT2D eigenvalue weighted by Crippen LogP contribution is 2.20. The maximum Gasteiger partial charge on any atom is 0.335 e. The number of aromatic carboxylic acids is 1. The third-order valence-electron chi connectivity index (χ3n) is 4.42. The van der Waals surface area contributed by atoms with Crippen LogP contribution in [0.5, 0.6) is 0 Å². The number of carbonyl (C=O) groups is 2. The van der Waals surface area contributed by atoms with Crippen molar-refractivity contribution in [1.82, 2.24) is 4.90 Å². The van der Waals surface area contributed by atoms with E-state index < -0.39 is 5.97 Å². The molecule has 1 fully saturated rings. The first-order valence-electron chi connectivity index (χ1n) is 8.38. The molecule has 1 saturated heterocycles. The average molecular weight is 339 g/mol. The number of carboxylic acid groups (broad SMARTS) is 1. The molecular weight excluding hydrogens is 318 g/mol. The van der Waals surface area contributed by atoms with Crippen LogP contribution in [0.2, 0.25) is 0 Å². The standard InChI is InChI=1S/C20H21NO4/c22-19(17-6-8-18(9-7-17)20(23)24)21-11-10-16(12-21)14-25-13-15-4-2-1-3-5-15/h1-9,16H,10-14H2,(H,23,24). The van der Waals surface area contributed by atoms with Gasteiger partial charge in [0.15, 0.2) is 0 Å². The second-order valence-corrected chi connectivity index (χ2v) is 6.29. The fourth-order valence-corrected chi connectivity index (χ4v) is 3.01. The zero-order valence-electron chi connectivity index (χ0n) is 13.9. The summed E-state index contributed by atoms with van der Waals surface area (Å²) >= 11 is 0.